The third-order valence-corrected chi connectivity index (χ3v) is 6.46. The predicted octanol–water partition coefficient (Wildman–Crippen LogP) is 4.04. The molecule has 0 bridgehead atoms. The van der Waals surface area contributed by atoms with Crippen LogP contribution in [-0.4, -0.2) is 49.1 Å². The molecule has 2 N–H and O–H groups in total. The fourth-order valence-electron chi connectivity index (χ4n) is 4.81. The fourth-order valence-corrected chi connectivity index (χ4v) is 4.81. The Morgan fingerprint density at radius 3 is 2.28 bits per heavy atom. The van der Waals surface area contributed by atoms with Crippen molar-refractivity contribution >= 4 is 12.0 Å². The van der Waals surface area contributed by atoms with E-state index < -0.39 is 11.7 Å². The normalized spacial score (nSPS) is 18.0. The predicted molar refractivity (Wildman–Crippen MR) is 125 cm³/mol. The van der Waals surface area contributed by atoms with Crippen LogP contribution in [0.15, 0.2) is 48.5 Å². The van der Waals surface area contributed by atoms with Gasteiger partial charge < -0.3 is 20.3 Å². The summed E-state index contributed by atoms with van der Waals surface area (Å²) in [5, 5.41) is 6.35. The molecular formula is C26H33N3O3. The summed E-state index contributed by atoms with van der Waals surface area (Å²) in [5.41, 5.74) is 1.83. The number of carbonyl (C=O) groups excluding carboxylic acids is 2. The van der Waals surface area contributed by atoms with E-state index in [1.54, 1.807) is 0 Å². The SMILES string of the molecule is CCCCN(C(=O)OC1(C(=O)NCCC)c2ccccc2-c2ccccc21)C1CCNC1. The molecule has 1 aliphatic carbocycles. The van der Waals surface area contributed by atoms with Crippen molar-refractivity contribution in [2.75, 3.05) is 26.2 Å². The van der Waals surface area contributed by atoms with Gasteiger partial charge in [0.15, 0.2) is 0 Å². The first kappa shape index (κ1) is 22.3. The monoisotopic (exact) mass is 435 g/mol. The van der Waals surface area contributed by atoms with Crippen LogP contribution in [0.5, 0.6) is 0 Å². The molecule has 2 aliphatic rings. The maximum absolute atomic E-state index is 13.7. The van der Waals surface area contributed by atoms with Crippen LogP contribution in [0.2, 0.25) is 0 Å². The summed E-state index contributed by atoms with van der Waals surface area (Å²) < 4.78 is 6.33. The van der Waals surface area contributed by atoms with Gasteiger partial charge in [0.2, 0.25) is 5.60 Å². The molecule has 2 aromatic rings. The van der Waals surface area contributed by atoms with Crippen LogP contribution in [0, 0.1) is 0 Å². The highest BCUT2D eigenvalue weighted by Gasteiger charge is 2.53. The topological polar surface area (TPSA) is 70.7 Å². The van der Waals surface area contributed by atoms with Crippen molar-refractivity contribution in [2.24, 2.45) is 0 Å². The molecule has 170 valence electrons. The van der Waals surface area contributed by atoms with Crippen LogP contribution >= 0.6 is 0 Å². The van der Waals surface area contributed by atoms with Crippen LogP contribution in [0.4, 0.5) is 4.79 Å². The highest BCUT2D eigenvalue weighted by atomic mass is 16.6. The summed E-state index contributed by atoms with van der Waals surface area (Å²) in [4.78, 5) is 29.2. The molecular weight excluding hydrogens is 402 g/mol. The smallest absolute Gasteiger partial charge is 0.411 e. The first-order chi connectivity index (χ1) is 15.6. The number of hydrogen-bond donors (Lipinski definition) is 2. The van der Waals surface area contributed by atoms with Crippen molar-refractivity contribution in [2.45, 2.75) is 51.2 Å². The molecule has 1 saturated heterocycles. The van der Waals surface area contributed by atoms with Gasteiger partial charge in [0.05, 0.1) is 0 Å². The lowest BCUT2D eigenvalue weighted by Gasteiger charge is -2.35. The van der Waals surface area contributed by atoms with Crippen molar-refractivity contribution in [1.29, 1.82) is 0 Å². The molecule has 4 rings (SSSR count). The van der Waals surface area contributed by atoms with Crippen molar-refractivity contribution < 1.29 is 14.3 Å². The van der Waals surface area contributed by atoms with Gasteiger partial charge in [0, 0.05) is 36.8 Å². The molecule has 1 heterocycles. The molecule has 0 saturated carbocycles. The molecule has 1 unspecified atom stereocenters. The van der Waals surface area contributed by atoms with Crippen LogP contribution in [-0.2, 0) is 15.1 Å². The highest BCUT2D eigenvalue weighted by molar-refractivity contribution is 6.00. The first-order valence-electron chi connectivity index (χ1n) is 11.8. The van der Waals surface area contributed by atoms with E-state index in [9.17, 15) is 9.59 Å². The molecule has 1 aliphatic heterocycles. The average molecular weight is 436 g/mol. The number of unbranched alkanes of at least 4 members (excludes halogenated alkanes) is 1. The maximum Gasteiger partial charge on any atom is 0.411 e. The van der Waals surface area contributed by atoms with Gasteiger partial charge in [-0.15, -0.1) is 0 Å². The Morgan fingerprint density at radius 1 is 1.06 bits per heavy atom. The summed E-state index contributed by atoms with van der Waals surface area (Å²) in [6.45, 7) is 6.90. The number of fused-ring (bicyclic) bond motifs is 3. The molecule has 1 fully saturated rings. The van der Waals surface area contributed by atoms with Gasteiger partial charge in [0.25, 0.3) is 5.91 Å². The van der Waals surface area contributed by atoms with Crippen LogP contribution < -0.4 is 10.6 Å². The number of nitrogens with one attached hydrogen (secondary N) is 2. The van der Waals surface area contributed by atoms with E-state index in [-0.39, 0.29) is 11.9 Å². The number of amides is 2. The Hall–Kier alpha value is -2.86. The van der Waals surface area contributed by atoms with Gasteiger partial charge >= 0.3 is 6.09 Å². The van der Waals surface area contributed by atoms with Gasteiger partial charge in [0.1, 0.15) is 0 Å². The van der Waals surface area contributed by atoms with Gasteiger partial charge in [-0.1, -0.05) is 68.8 Å². The molecule has 2 aromatic carbocycles. The van der Waals surface area contributed by atoms with Gasteiger partial charge in [-0.25, -0.2) is 4.79 Å². The lowest BCUT2D eigenvalue weighted by molar-refractivity contribution is -0.137. The van der Waals surface area contributed by atoms with Crippen molar-refractivity contribution in [1.82, 2.24) is 15.5 Å². The quantitative estimate of drug-likeness (QED) is 0.657. The number of carbonyl (C=O) groups is 2. The van der Waals surface area contributed by atoms with Crippen molar-refractivity contribution in [3.05, 3.63) is 59.7 Å². The molecule has 0 spiro atoms. The third kappa shape index (κ3) is 3.88. The molecule has 6 nitrogen and oxygen atoms in total. The molecule has 6 heteroatoms. The second-order valence-corrected chi connectivity index (χ2v) is 8.59. The largest absolute Gasteiger partial charge is 0.423 e. The number of rotatable bonds is 8. The fraction of sp³-hybridized carbons (Fsp3) is 0.462. The Morgan fingerprint density at radius 2 is 1.72 bits per heavy atom. The molecule has 0 radical (unpaired) electrons. The number of ether oxygens (including phenoxy) is 1. The van der Waals surface area contributed by atoms with E-state index in [4.69, 9.17) is 4.74 Å². The van der Waals surface area contributed by atoms with E-state index >= 15 is 0 Å². The minimum Gasteiger partial charge on any atom is -0.423 e. The van der Waals surface area contributed by atoms with E-state index in [1.807, 2.05) is 60.4 Å². The zero-order valence-electron chi connectivity index (χ0n) is 19.0. The number of benzene rings is 2. The van der Waals surface area contributed by atoms with Crippen molar-refractivity contribution in [3.63, 3.8) is 0 Å². The van der Waals surface area contributed by atoms with E-state index in [1.165, 1.54) is 0 Å². The van der Waals surface area contributed by atoms with E-state index in [2.05, 4.69) is 17.6 Å². The highest BCUT2D eigenvalue weighted by Crippen LogP contribution is 2.50. The van der Waals surface area contributed by atoms with Crippen LogP contribution in [0.3, 0.4) is 0 Å². The molecule has 32 heavy (non-hydrogen) atoms. The second-order valence-electron chi connectivity index (χ2n) is 8.59. The summed E-state index contributed by atoms with van der Waals surface area (Å²) in [6.07, 6.45) is 3.15. The minimum atomic E-state index is -1.49. The third-order valence-electron chi connectivity index (χ3n) is 6.46. The number of nitrogens with zero attached hydrogens (tertiary/aromatic N) is 1. The Balaban J connectivity index is 1.78. The Bertz CT molecular complexity index is 923. The summed E-state index contributed by atoms with van der Waals surface area (Å²) >= 11 is 0. The summed E-state index contributed by atoms with van der Waals surface area (Å²) in [6, 6.07) is 15.6. The van der Waals surface area contributed by atoms with E-state index in [0.717, 1.165) is 61.0 Å². The van der Waals surface area contributed by atoms with E-state index in [0.29, 0.717) is 13.1 Å². The lowest BCUT2D eigenvalue weighted by atomic mass is 9.90. The zero-order chi connectivity index (χ0) is 22.6. The summed E-state index contributed by atoms with van der Waals surface area (Å²) in [5.74, 6) is -0.287. The lowest BCUT2D eigenvalue weighted by Crippen LogP contribution is -2.51. The van der Waals surface area contributed by atoms with Crippen LogP contribution in [0.25, 0.3) is 11.1 Å². The molecule has 2 amide bonds. The van der Waals surface area contributed by atoms with Gasteiger partial charge in [-0.3, -0.25) is 4.79 Å². The molecule has 1 atom stereocenters. The Labute approximate surface area is 190 Å². The standard InChI is InChI=1S/C26H33N3O3/c1-3-5-17-29(19-14-16-27-18-19)25(31)32-26(24(30)28-15-4-2)22-12-8-6-10-20(22)21-11-7-9-13-23(21)26/h6-13,19,27H,3-5,14-18H2,1-2H3,(H,28,30). The minimum absolute atomic E-state index is 0.0803. The second kappa shape index (κ2) is 9.74. The van der Waals surface area contributed by atoms with Gasteiger partial charge in [-0.05, 0) is 36.9 Å². The summed E-state index contributed by atoms with van der Waals surface area (Å²) in [7, 11) is 0. The number of hydrogen-bond acceptors (Lipinski definition) is 4. The van der Waals surface area contributed by atoms with Gasteiger partial charge in [-0.2, -0.15) is 0 Å². The first-order valence-corrected chi connectivity index (χ1v) is 11.8. The average Bonchev–Trinajstić information content (AvgIpc) is 3.44. The Kier molecular flexibility index (Phi) is 6.80. The maximum atomic E-state index is 13.7. The van der Waals surface area contributed by atoms with Crippen molar-refractivity contribution in [3.8, 4) is 11.1 Å². The zero-order valence-corrected chi connectivity index (χ0v) is 19.0. The molecule has 0 aromatic heterocycles. The van der Waals surface area contributed by atoms with Crippen LogP contribution in [0.1, 0.15) is 50.7 Å².